The molecule has 0 saturated carbocycles. The molecule has 1 aliphatic heterocycles. The highest BCUT2D eigenvalue weighted by molar-refractivity contribution is 9.10. The maximum Gasteiger partial charge on any atom is 0.215 e. The first-order valence-electron chi connectivity index (χ1n) is 7.93. The van der Waals surface area contributed by atoms with Gasteiger partial charge in [0.2, 0.25) is 6.41 Å². The molecule has 2 atom stereocenters. The number of amides is 1. The molecule has 1 heterocycles. The fourth-order valence-electron chi connectivity index (χ4n) is 2.88. The lowest BCUT2D eigenvalue weighted by Gasteiger charge is -2.31. The second kappa shape index (κ2) is 8.06. The molecule has 2 aromatic rings. The van der Waals surface area contributed by atoms with E-state index in [2.05, 4.69) is 28.1 Å². The van der Waals surface area contributed by atoms with Crippen LogP contribution in [0.2, 0.25) is 0 Å². The predicted octanol–water partition coefficient (Wildman–Crippen LogP) is 4.82. The van der Waals surface area contributed by atoms with Gasteiger partial charge in [0, 0.05) is 23.5 Å². The van der Waals surface area contributed by atoms with Crippen LogP contribution < -0.4 is 4.74 Å². The van der Waals surface area contributed by atoms with Gasteiger partial charge < -0.3 is 4.74 Å². The van der Waals surface area contributed by atoms with E-state index in [1.807, 2.05) is 42.7 Å². The summed E-state index contributed by atoms with van der Waals surface area (Å²) in [6, 6.07) is 16.1. The minimum absolute atomic E-state index is 0.0618. The second-order valence-corrected chi connectivity index (χ2v) is 7.47. The summed E-state index contributed by atoms with van der Waals surface area (Å²) in [5.41, 5.74) is 2.16. The van der Waals surface area contributed by atoms with E-state index in [1.54, 1.807) is 7.05 Å². The van der Waals surface area contributed by atoms with E-state index in [9.17, 15) is 4.79 Å². The molecule has 6 heteroatoms. The molecule has 0 aromatic heterocycles. The first-order chi connectivity index (χ1) is 12.1. The van der Waals surface area contributed by atoms with Crippen LogP contribution in [0, 0.1) is 0 Å². The quantitative estimate of drug-likeness (QED) is 0.407. The zero-order valence-corrected chi connectivity index (χ0v) is 16.5. The summed E-state index contributed by atoms with van der Waals surface area (Å²) >= 11 is 4.99. The van der Waals surface area contributed by atoms with Crippen molar-refractivity contribution in [3.8, 4) is 5.75 Å². The Hall–Kier alpha value is -1.79. The Kier molecular flexibility index (Phi) is 5.81. The Bertz CT molecular complexity index is 782. The van der Waals surface area contributed by atoms with Crippen molar-refractivity contribution in [1.29, 1.82) is 0 Å². The standard InChI is InChI=1S/C19H19BrN2O2S/c1-22(12-23)19(25-2)21-16-11-18(13-6-4-3-5-7-13)24-17-9-8-14(20)10-15(16)17/h3-10,12,16,18H,11H2,1-2H3. The Morgan fingerprint density at radius 1 is 1.32 bits per heavy atom. The average molecular weight is 419 g/mol. The number of fused-ring (bicyclic) bond motifs is 1. The summed E-state index contributed by atoms with van der Waals surface area (Å²) in [4.78, 5) is 17.5. The Morgan fingerprint density at radius 3 is 2.76 bits per heavy atom. The van der Waals surface area contributed by atoms with Crippen LogP contribution in [0.4, 0.5) is 0 Å². The molecule has 0 N–H and O–H groups in total. The summed E-state index contributed by atoms with van der Waals surface area (Å²) in [6.45, 7) is 0. The molecule has 0 fully saturated rings. The number of rotatable bonds is 3. The molecular weight excluding hydrogens is 400 g/mol. The fourth-order valence-corrected chi connectivity index (χ4v) is 3.82. The van der Waals surface area contributed by atoms with Crippen molar-refractivity contribution in [2.24, 2.45) is 4.99 Å². The maximum absolute atomic E-state index is 11.1. The third kappa shape index (κ3) is 4.07. The zero-order valence-electron chi connectivity index (χ0n) is 14.1. The van der Waals surface area contributed by atoms with E-state index in [-0.39, 0.29) is 12.1 Å². The van der Waals surface area contributed by atoms with Crippen LogP contribution in [-0.4, -0.2) is 29.8 Å². The van der Waals surface area contributed by atoms with Crippen LogP contribution in [0.3, 0.4) is 0 Å². The van der Waals surface area contributed by atoms with Gasteiger partial charge in [-0.1, -0.05) is 58.0 Å². The highest BCUT2D eigenvalue weighted by Gasteiger charge is 2.30. The predicted molar refractivity (Wildman–Crippen MR) is 106 cm³/mol. The Balaban J connectivity index is 2.01. The number of carbonyl (C=O) groups excluding carboxylic acids is 1. The van der Waals surface area contributed by atoms with Crippen molar-refractivity contribution in [2.45, 2.75) is 18.6 Å². The van der Waals surface area contributed by atoms with Crippen LogP contribution in [0.1, 0.15) is 29.7 Å². The molecule has 2 aromatic carbocycles. The summed E-state index contributed by atoms with van der Waals surface area (Å²) < 4.78 is 7.21. The van der Waals surface area contributed by atoms with Crippen molar-refractivity contribution < 1.29 is 9.53 Å². The number of nitrogens with zero attached hydrogens (tertiary/aromatic N) is 2. The Morgan fingerprint density at radius 2 is 2.08 bits per heavy atom. The van der Waals surface area contributed by atoms with Crippen molar-refractivity contribution >= 4 is 39.3 Å². The number of aliphatic imine (C=N–C) groups is 1. The highest BCUT2D eigenvalue weighted by atomic mass is 79.9. The molecule has 3 rings (SSSR count). The molecular formula is C19H19BrN2O2S. The van der Waals surface area contributed by atoms with E-state index in [0.717, 1.165) is 34.2 Å². The molecule has 0 spiro atoms. The van der Waals surface area contributed by atoms with Crippen molar-refractivity contribution in [3.05, 3.63) is 64.1 Å². The molecule has 25 heavy (non-hydrogen) atoms. The topological polar surface area (TPSA) is 41.9 Å². The maximum atomic E-state index is 11.1. The normalized spacial score (nSPS) is 19.7. The number of halogens is 1. The molecule has 2 unspecified atom stereocenters. The smallest absolute Gasteiger partial charge is 0.215 e. The molecule has 1 amide bonds. The average Bonchev–Trinajstić information content (AvgIpc) is 2.66. The van der Waals surface area contributed by atoms with Gasteiger partial charge in [0.25, 0.3) is 0 Å². The monoisotopic (exact) mass is 418 g/mol. The van der Waals surface area contributed by atoms with Crippen LogP contribution in [-0.2, 0) is 4.79 Å². The molecule has 0 radical (unpaired) electrons. The number of carbonyl (C=O) groups is 1. The van der Waals surface area contributed by atoms with Crippen LogP contribution in [0.25, 0.3) is 0 Å². The van der Waals surface area contributed by atoms with E-state index >= 15 is 0 Å². The Labute approximate surface area is 160 Å². The van der Waals surface area contributed by atoms with E-state index in [0.29, 0.717) is 5.17 Å². The molecule has 4 nitrogen and oxygen atoms in total. The first kappa shape index (κ1) is 18.0. The lowest BCUT2D eigenvalue weighted by molar-refractivity contribution is -0.113. The van der Waals surface area contributed by atoms with Gasteiger partial charge in [0.05, 0.1) is 6.04 Å². The van der Waals surface area contributed by atoms with Crippen molar-refractivity contribution in [3.63, 3.8) is 0 Å². The van der Waals surface area contributed by atoms with Gasteiger partial charge in [-0.3, -0.25) is 14.7 Å². The van der Waals surface area contributed by atoms with E-state index in [4.69, 9.17) is 9.73 Å². The molecule has 1 aliphatic rings. The van der Waals surface area contributed by atoms with Gasteiger partial charge in [-0.05, 0) is 30.0 Å². The summed E-state index contributed by atoms with van der Waals surface area (Å²) in [7, 11) is 1.72. The number of thioether (sulfide) groups is 1. The largest absolute Gasteiger partial charge is 0.485 e. The zero-order chi connectivity index (χ0) is 17.8. The van der Waals surface area contributed by atoms with Crippen molar-refractivity contribution in [1.82, 2.24) is 4.90 Å². The first-order valence-corrected chi connectivity index (χ1v) is 9.95. The van der Waals surface area contributed by atoms with Crippen molar-refractivity contribution in [2.75, 3.05) is 13.3 Å². The third-order valence-electron chi connectivity index (χ3n) is 4.12. The van der Waals surface area contributed by atoms with Crippen LogP contribution in [0.5, 0.6) is 5.75 Å². The minimum Gasteiger partial charge on any atom is -0.485 e. The van der Waals surface area contributed by atoms with Gasteiger partial charge in [-0.2, -0.15) is 0 Å². The molecule has 0 saturated heterocycles. The molecule has 130 valence electrons. The highest BCUT2D eigenvalue weighted by Crippen LogP contribution is 2.44. The lowest BCUT2D eigenvalue weighted by atomic mass is 9.93. The van der Waals surface area contributed by atoms with Gasteiger partial charge in [0.1, 0.15) is 11.9 Å². The SMILES string of the molecule is CSC(=NC1CC(c2ccccc2)Oc2ccc(Br)cc21)N(C)C=O. The second-order valence-electron chi connectivity index (χ2n) is 5.78. The number of hydrogen-bond donors (Lipinski definition) is 0. The summed E-state index contributed by atoms with van der Waals surface area (Å²) in [5, 5.41) is 0.694. The fraction of sp³-hybridized carbons (Fsp3) is 0.263. The number of hydrogen-bond acceptors (Lipinski definition) is 4. The van der Waals surface area contributed by atoms with Gasteiger partial charge >= 0.3 is 0 Å². The number of amidine groups is 1. The summed E-state index contributed by atoms with van der Waals surface area (Å²) in [6.07, 6.45) is 3.37. The molecule has 0 aliphatic carbocycles. The van der Waals surface area contributed by atoms with E-state index in [1.165, 1.54) is 16.7 Å². The van der Waals surface area contributed by atoms with E-state index < -0.39 is 0 Å². The minimum atomic E-state index is -0.0729. The van der Waals surface area contributed by atoms with Gasteiger partial charge in [-0.15, -0.1) is 0 Å². The van der Waals surface area contributed by atoms with Gasteiger partial charge in [-0.25, -0.2) is 0 Å². The van der Waals surface area contributed by atoms with Crippen LogP contribution in [0.15, 0.2) is 58.0 Å². The lowest BCUT2D eigenvalue weighted by Crippen LogP contribution is -2.25. The summed E-state index contributed by atoms with van der Waals surface area (Å²) in [5.74, 6) is 0.839. The van der Waals surface area contributed by atoms with Crippen LogP contribution >= 0.6 is 27.7 Å². The molecule has 0 bridgehead atoms. The number of benzene rings is 2. The third-order valence-corrected chi connectivity index (χ3v) is 5.37. The number of ether oxygens (including phenoxy) is 1. The van der Waals surface area contributed by atoms with Gasteiger partial charge in [0.15, 0.2) is 5.17 Å².